The van der Waals surface area contributed by atoms with Gasteiger partial charge in [-0.15, -0.1) is 0 Å². The van der Waals surface area contributed by atoms with Crippen molar-refractivity contribution < 1.29 is 4.79 Å². The van der Waals surface area contributed by atoms with Gasteiger partial charge in [0.2, 0.25) is 5.91 Å². The third-order valence-corrected chi connectivity index (χ3v) is 2.00. The Morgan fingerprint density at radius 2 is 2.40 bits per heavy atom. The number of nitrogens with one attached hydrogen (secondary N) is 2. The highest BCUT2D eigenvalue weighted by Crippen LogP contribution is 2.14. The van der Waals surface area contributed by atoms with Crippen LogP contribution < -0.4 is 16.6 Å². The first kappa shape index (κ1) is 7.50. The maximum atomic E-state index is 10.9. The average molecular weight is 143 g/mol. The molecule has 1 saturated heterocycles. The number of hydrazine groups is 1. The highest BCUT2D eigenvalue weighted by atomic mass is 16.2. The Morgan fingerprint density at radius 1 is 1.70 bits per heavy atom. The van der Waals surface area contributed by atoms with Gasteiger partial charge in [0, 0.05) is 6.54 Å². The number of rotatable bonds is 1. The lowest BCUT2D eigenvalue weighted by Crippen LogP contribution is -2.38. The summed E-state index contributed by atoms with van der Waals surface area (Å²) in [7, 11) is 0. The van der Waals surface area contributed by atoms with Gasteiger partial charge in [-0.1, -0.05) is 6.92 Å². The van der Waals surface area contributed by atoms with E-state index in [1.807, 2.05) is 6.92 Å². The minimum Gasteiger partial charge on any atom is -0.316 e. The maximum Gasteiger partial charge on any atom is 0.238 e. The first-order valence-electron chi connectivity index (χ1n) is 3.47. The van der Waals surface area contributed by atoms with Crippen LogP contribution in [0.1, 0.15) is 6.92 Å². The second-order valence-corrected chi connectivity index (χ2v) is 2.75. The van der Waals surface area contributed by atoms with Gasteiger partial charge in [0.05, 0.1) is 5.92 Å². The molecular formula is C6H13N3O. The SMILES string of the molecule is CC1CNCC1C(=O)NN. The van der Waals surface area contributed by atoms with E-state index < -0.39 is 0 Å². The lowest BCUT2D eigenvalue weighted by molar-refractivity contribution is -0.125. The maximum absolute atomic E-state index is 10.9. The molecule has 4 N–H and O–H groups in total. The Balaban J connectivity index is 2.46. The predicted molar refractivity (Wildman–Crippen MR) is 37.9 cm³/mol. The van der Waals surface area contributed by atoms with Crippen molar-refractivity contribution in [3.05, 3.63) is 0 Å². The topological polar surface area (TPSA) is 67.2 Å². The Bertz CT molecular complexity index is 137. The van der Waals surface area contributed by atoms with Crippen LogP contribution in [0.3, 0.4) is 0 Å². The molecule has 4 heteroatoms. The number of carbonyl (C=O) groups excluding carboxylic acids is 1. The number of carbonyl (C=O) groups is 1. The zero-order chi connectivity index (χ0) is 7.56. The fourth-order valence-electron chi connectivity index (χ4n) is 1.27. The molecule has 10 heavy (non-hydrogen) atoms. The largest absolute Gasteiger partial charge is 0.316 e. The Kier molecular flexibility index (Phi) is 2.24. The lowest BCUT2D eigenvalue weighted by Gasteiger charge is -2.10. The molecule has 0 aromatic heterocycles. The van der Waals surface area contributed by atoms with E-state index >= 15 is 0 Å². The van der Waals surface area contributed by atoms with Crippen molar-refractivity contribution in [1.82, 2.24) is 10.7 Å². The molecule has 1 amide bonds. The van der Waals surface area contributed by atoms with Crippen LogP contribution in [0.15, 0.2) is 0 Å². The van der Waals surface area contributed by atoms with Gasteiger partial charge in [0.25, 0.3) is 0 Å². The molecule has 1 rings (SSSR count). The van der Waals surface area contributed by atoms with Crippen molar-refractivity contribution in [2.45, 2.75) is 6.92 Å². The monoisotopic (exact) mass is 143 g/mol. The molecule has 1 heterocycles. The minimum absolute atomic E-state index is 0.0579. The van der Waals surface area contributed by atoms with E-state index in [0.29, 0.717) is 5.92 Å². The third-order valence-electron chi connectivity index (χ3n) is 2.00. The van der Waals surface area contributed by atoms with Crippen molar-refractivity contribution >= 4 is 5.91 Å². The molecule has 2 atom stereocenters. The average Bonchev–Trinajstić information content (AvgIpc) is 2.34. The van der Waals surface area contributed by atoms with Crippen LogP contribution in [0.5, 0.6) is 0 Å². The van der Waals surface area contributed by atoms with Gasteiger partial charge >= 0.3 is 0 Å². The third kappa shape index (κ3) is 1.27. The highest BCUT2D eigenvalue weighted by molar-refractivity contribution is 5.78. The molecule has 0 aliphatic carbocycles. The van der Waals surface area contributed by atoms with E-state index in [1.165, 1.54) is 0 Å². The van der Waals surface area contributed by atoms with Crippen LogP contribution in [-0.4, -0.2) is 19.0 Å². The lowest BCUT2D eigenvalue weighted by atomic mass is 9.98. The van der Waals surface area contributed by atoms with Crippen molar-refractivity contribution in [3.63, 3.8) is 0 Å². The second-order valence-electron chi connectivity index (χ2n) is 2.75. The standard InChI is InChI=1S/C6H13N3O/c1-4-2-8-3-5(4)6(10)9-7/h4-5,8H,2-3,7H2,1H3,(H,9,10). The van der Waals surface area contributed by atoms with Crippen molar-refractivity contribution in [1.29, 1.82) is 0 Å². The normalized spacial score (nSPS) is 32.2. The molecule has 1 aliphatic rings. The molecular weight excluding hydrogens is 130 g/mol. The molecule has 0 saturated carbocycles. The molecule has 1 aliphatic heterocycles. The number of hydrogen-bond donors (Lipinski definition) is 3. The molecule has 0 aromatic rings. The zero-order valence-electron chi connectivity index (χ0n) is 6.05. The molecule has 0 bridgehead atoms. The van der Waals surface area contributed by atoms with E-state index in [0.717, 1.165) is 13.1 Å². The van der Waals surface area contributed by atoms with Crippen LogP contribution >= 0.6 is 0 Å². The first-order chi connectivity index (χ1) is 4.75. The van der Waals surface area contributed by atoms with Crippen molar-refractivity contribution in [3.8, 4) is 0 Å². The molecule has 58 valence electrons. The fourth-order valence-corrected chi connectivity index (χ4v) is 1.27. The summed E-state index contributed by atoms with van der Waals surface area (Å²) in [6.07, 6.45) is 0. The van der Waals surface area contributed by atoms with Gasteiger partial charge in [-0.05, 0) is 12.5 Å². The summed E-state index contributed by atoms with van der Waals surface area (Å²) < 4.78 is 0. The van der Waals surface area contributed by atoms with Crippen LogP contribution in [0, 0.1) is 11.8 Å². The van der Waals surface area contributed by atoms with Crippen LogP contribution in [0.25, 0.3) is 0 Å². The molecule has 1 fully saturated rings. The Hall–Kier alpha value is -0.610. The van der Waals surface area contributed by atoms with Gasteiger partial charge in [0.1, 0.15) is 0 Å². The minimum atomic E-state index is -0.0579. The van der Waals surface area contributed by atoms with Gasteiger partial charge in [0.15, 0.2) is 0 Å². The second kappa shape index (κ2) is 2.98. The Morgan fingerprint density at radius 3 is 2.80 bits per heavy atom. The van der Waals surface area contributed by atoms with Crippen LogP contribution in [0.4, 0.5) is 0 Å². The van der Waals surface area contributed by atoms with Gasteiger partial charge in [-0.3, -0.25) is 10.2 Å². The van der Waals surface area contributed by atoms with Crippen LogP contribution in [0.2, 0.25) is 0 Å². The zero-order valence-corrected chi connectivity index (χ0v) is 6.05. The Labute approximate surface area is 60.1 Å². The van der Waals surface area contributed by atoms with E-state index in [9.17, 15) is 4.79 Å². The predicted octanol–water partition coefficient (Wildman–Crippen LogP) is -1.17. The van der Waals surface area contributed by atoms with E-state index in [-0.39, 0.29) is 11.8 Å². The summed E-state index contributed by atoms with van der Waals surface area (Å²) in [4.78, 5) is 10.9. The fraction of sp³-hybridized carbons (Fsp3) is 0.833. The van der Waals surface area contributed by atoms with Crippen molar-refractivity contribution in [2.75, 3.05) is 13.1 Å². The summed E-state index contributed by atoms with van der Waals surface area (Å²) in [6, 6.07) is 0. The quantitative estimate of drug-likeness (QED) is 0.246. The summed E-state index contributed by atoms with van der Waals surface area (Å²) >= 11 is 0. The summed E-state index contributed by atoms with van der Waals surface area (Å²) in [5.41, 5.74) is 2.16. The summed E-state index contributed by atoms with van der Waals surface area (Å²) in [5, 5.41) is 3.12. The number of nitrogens with two attached hydrogens (primary N) is 1. The molecule has 2 unspecified atom stereocenters. The molecule has 0 radical (unpaired) electrons. The summed E-state index contributed by atoms with van der Waals surface area (Å²) in [5.74, 6) is 5.40. The van der Waals surface area contributed by atoms with E-state index in [2.05, 4.69) is 10.7 Å². The highest BCUT2D eigenvalue weighted by Gasteiger charge is 2.28. The summed E-state index contributed by atoms with van der Waals surface area (Å²) in [6.45, 7) is 3.71. The molecule has 0 spiro atoms. The van der Waals surface area contributed by atoms with Gasteiger partial charge in [-0.25, -0.2) is 5.84 Å². The van der Waals surface area contributed by atoms with Crippen molar-refractivity contribution in [2.24, 2.45) is 17.7 Å². The van der Waals surface area contributed by atoms with E-state index in [1.54, 1.807) is 0 Å². The van der Waals surface area contributed by atoms with Crippen LogP contribution in [-0.2, 0) is 4.79 Å². The molecule has 4 nitrogen and oxygen atoms in total. The van der Waals surface area contributed by atoms with Gasteiger partial charge in [-0.2, -0.15) is 0 Å². The molecule has 0 aromatic carbocycles. The number of amides is 1. The smallest absolute Gasteiger partial charge is 0.238 e. The number of hydrogen-bond acceptors (Lipinski definition) is 3. The first-order valence-corrected chi connectivity index (χ1v) is 3.47. The van der Waals surface area contributed by atoms with E-state index in [4.69, 9.17) is 5.84 Å². The van der Waals surface area contributed by atoms with Gasteiger partial charge < -0.3 is 5.32 Å².